The molecule has 2 aromatic carbocycles. The number of amides is 3. The maximum Gasteiger partial charge on any atom is 0.244 e. The standard InChI is InChI=1S/C26H32N6O5/c1-37-23-12-10-21(11-13-23)28-24(33)9-5-6-14-32-18-22(29-31-32)17-27-26(35)20(16-25(34)30-36)15-19-7-3-2-4-8-19/h2-4,7-8,10-13,18,20,36H,5-6,9,14-17H2,1H3,(H,27,35)(H,28,33)(H,30,34). The first-order chi connectivity index (χ1) is 18.0. The first-order valence-corrected chi connectivity index (χ1v) is 12.0. The van der Waals surface area contributed by atoms with E-state index in [1.165, 1.54) is 0 Å². The van der Waals surface area contributed by atoms with E-state index in [1.54, 1.807) is 47.7 Å². The van der Waals surface area contributed by atoms with Gasteiger partial charge < -0.3 is 15.4 Å². The van der Waals surface area contributed by atoms with Crippen molar-refractivity contribution in [2.24, 2.45) is 5.92 Å². The number of aromatic nitrogens is 3. The second-order valence-corrected chi connectivity index (χ2v) is 8.55. The lowest BCUT2D eigenvalue weighted by atomic mass is 9.95. The van der Waals surface area contributed by atoms with E-state index in [4.69, 9.17) is 9.94 Å². The minimum Gasteiger partial charge on any atom is -0.497 e. The number of hydrogen-bond acceptors (Lipinski definition) is 7. The van der Waals surface area contributed by atoms with E-state index in [0.717, 1.165) is 23.4 Å². The zero-order valence-corrected chi connectivity index (χ0v) is 20.7. The van der Waals surface area contributed by atoms with Crippen LogP contribution >= 0.6 is 0 Å². The molecule has 1 heterocycles. The quantitative estimate of drug-likeness (QED) is 0.149. The van der Waals surface area contributed by atoms with Crippen LogP contribution in [0.5, 0.6) is 5.75 Å². The van der Waals surface area contributed by atoms with Crippen LogP contribution in [0.3, 0.4) is 0 Å². The van der Waals surface area contributed by atoms with Crippen molar-refractivity contribution in [3.8, 4) is 5.75 Å². The average molecular weight is 509 g/mol. The third kappa shape index (κ3) is 9.37. The topological polar surface area (TPSA) is 147 Å². The van der Waals surface area contributed by atoms with Gasteiger partial charge in [0.05, 0.1) is 25.8 Å². The molecule has 0 radical (unpaired) electrons. The van der Waals surface area contributed by atoms with Gasteiger partial charge in [0.25, 0.3) is 0 Å². The predicted molar refractivity (Wildman–Crippen MR) is 136 cm³/mol. The van der Waals surface area contributed by atoms with E-state index < -0.39 is 11.8 Å². The summed E-state index contributed by atoms with van der Waals surface area (Å²) in [6.07, 6.45) is 3.76. The Bertz CT molecular complexity index is 1150. The van der Waals surface area contributed by atoms with Crippen LogP contribution in [0.2, 0.25) is 0 Å². The summed E-state index contributed by atoms with van der Waals surface area (Å²) in [7, 11) is 1.59. The maximum absolute atomic E-state index is 12.7. The van der Waals surface area contributed by atoms with Crippen molar-refractivity contribution in [3.05, 3.63) is 72.1 Å². The number of ether oxygens (including phenoxy) is 1. The molecule has 0 aliphatic carbocycles. The summed E-state index contributed by atoms with van der Waals surface area (Å²) in [6, 6.07) is 16.5. The van der Waals surface area contributed by atoms with Gasteiger partial charge in [0.2, 0.25) is 17.7 Å². The van der Waals surface area contributed by atoms with Crippen LogP contribution < -0.4 is 20.9 Å². The third-order valence-corrected chi connectivity index (χ3v) is 5.70. The monoisotopic (exact) mass is 508 g/mol. The molecule has 196 valence electrons. The number of methoxy groups -OCH3 is 1. The number of rotatable bonds is 14. The fraction of sp³-hybridized carbons (Fsp3) is 0.346. The molecule has 4 N–H and O–H groups in total. The van der Waals surface area contributed by atoms with Gasteiger partial charge in [0.1, 0.15) is 11.4 Å². The Morgan fingerprint density at radius 3 is 2.49 bits per heavy atom. The predicted octanol–water partition coefficient (Wildman–Crippen LogP) is 2.47. The second-order valence-electron chi connectivity index (χ2n) is 8.55. The van der Waals surface area contributed by atoms with Gasteiger partial charge in [-0.3, -0.25) is 24.3 Å². The van der Waals surface area contributed by atoms with Gasteiger partial charge in [-0.1, -0.05) is 35.5 Å². The lowest BCUT2D eigenvalue weighted by Crippen LogP contribution is -2.35. The number of unbranched alkanes of at least 4 members (excludes halogenated alkanes) is 1. The van der Waals surface area contributed by atoms with Crippen LogP contribution in [0, 0.1) is 5.92 Å². The fourth-order valence-electron chi connectivity index (χ4n) is 3.73. The summed E-state index contributed by atoms with van der Waals surface area (Å²) in [5.41, 5.74) is 3.80. The van der Waals surface area contributed by atoms with Crippen LogP contribution in [0.1, 0.15) is 36.9 Å². The Labute approximate surface area is 215 Å². The van der Waals surface area contributed by atoms with E-state index in [1.807, 2.05) is 30.3 Å². The number of carbonyl (C=O) groups is 3. The Morgan fingerprint density at radius 2 is 1.78 bits per heavy atom. The number of carbonyl (C=O) groups excluding carboxylic acids is 3. The van der Waals surface area contributed by atoms with Crippen LogP contribution in [0.15, 0.2) is 60.8 Å². The summed E-state index contributed by atoms with van der Waals surface area (Å²) >= 11 is 0. The normalized spacial score (nSPS) is 11.4. The molecule has 0 spiro atoms. The largest absolute Gasteiger partial charge is 0.497 e. The van der Waals surface area contributed by atoms with E-state index in [9.17, 15) is 14.4 Å². The van der Waals surface area contributed by atoms with E-state index in [-0.39, 0.29) is 24.8 Å². The zero-order valence-electron chi connectivity index (χ0n) is 20.7. The molecule has 0 aliphatic rings. The average Bonchev–Trinajstić information content (AvgIpc) is 3.38. The zero-order chi connectivity index (χ0) is 26.5. The molecule has 1 unspecified atom stereocenters. The molecule has 0 saturated heterocycles. The Morgan fingerprint density at radius 1 is 1.03 bits per heavy atom. The van der Waals surface area contributed by atoms with Crippen molar-refractivity contribution in [1.82, 2.24) is 25.8 Å². The lowest BCUT2D eigenvalue weighted by molar-refractivity contribution is -0.134. The third-order valence-electron chi connectivity index (χ3n) is 5.70. The summed E-state index contributed by atoms with van der Waals surface area (Å²) in [4.78, 5) is 36.6. The van der Waals surface area contributed by atoms with Gasteiger partial charge in [0.15, 0.2) is 0 Å². The van der Waals surface area contributed by atoms with Crippen LogP contribution in [-0.2, 0) is 33.9 Å². The molecular formula is C26H32N6O5. The van der Waals surface area contributed by atoms with E-state index in [2.05, 4.69) is 20.9 Å². The van der Waals surface area contributed by atoms with Gasteiger partial charge in [-0.15, -0.1) is 5.10 Å². The number of nitrogens with zero attached hydrogens (tertiary/aromatic N) is 3. The van der Waals surface area contributed by atoms with Gasteiger partial charge in [0, 0.05) is 25.1 Å². The highest BCUT2D eigenvalue weighted by Gasteiger charge is 2.22. The smallest absolute Gasteiger partial charge is 0.244 e. The Kier molecular flexibility index (Phi) is 10.6. The lowest BCUT2D eigenvalue weighted by Gasteiger charge is -2.15. The van der Waals surface area contributed by atoms with Crippen LogP contribution in [0.25, 0.3) is 0 Å². The van der Waals surface area contributed by atoms with E-state index >= 15 is 0 Å². The summed E-state index contributed by atoms with van der Waals surface area (Å²) in [5, 5.41) is 22.7. The molecule has 0 aliphatic heterocycles. The molecule has 3 rings (SSSR count). The van der Waals surface area contributed by atoms with E-state index in [0.29, 0.717) is 31.5 Å². The SMILES string of the molecule is COc1ccc(NC(=O)CCCCn2cc(CNC(=O)C(CC(=O)NO)Cc3ccccc3)nn2)cc1. The minimum absolute atomic E-state index is 0.0629. The first-order valence-electron chi connectivity index (χ1n) is 12.0. The number of benzene rings is 2. The highest BCUT2D eigenvalue weighted by Crippen LogP contribution is 2.16. The molecule has 3 amide bonds. The van der Waals surface area contributed by atoms with Crippen LogP contribution in [0.4, 0.5) is 5.69 Å². The molecule has 11 nitrogen and oxygen atoms in total. The molecule has 37 heavy (non-hydrogen) atoms. The number of nitrogens with one attached hydrogen (secondary N) is 3. The number of hydrogen-bond donors (Lipinski definition) is 4. The maximum atomic E-state index is 12.7. The molecule has 11 heteroatoms. The second kappa shape index (κ2) is 14.3. The fourth-order valence-corrected chi connectivity index (χ4v) is 3.73. The molecule has 0 fully saturated rings. The van der Waals surface area contributed by atoms with Crippen molar-refractivity contribution >= 4 is 23.4 Å². The van der Waals surface area contributed by atoms with Gasteiger partial charge in [-0.05, 0) is 49.1 Å². The van der Waals surface area contributed by atoms with Gasteiger partial charge in [-0.2, -0.15) is 0 Å². The minimum atomic E-state index is -0.645. The number of anilines is 1. The summed E-state index contributed by atoms with van der Waals surface area (Å²) in [5.74, 6) is -0.920. The van der Waals surface area contributed by atoms with Crippen molar-refractivity contribution in [1.29, 1.82) is 0 Å². The Hall–Kier alpha value is -4.25. The number of hydroxylamine groups is 1. The molecule has 0 saturated carbocycles. The van der Waals surface area contributed by atoms with Crippen molar-refractivity contribution < 1.29 is 24.3 Å². The van der Waals surface area contributed by atoms with Crippen molar-refractivity contribution in [3.63, 3.8) is 0 Å². The molecule has 1 aromatic heterocycles. The van der Waals surface area contributed by atoms with Crippen LogP contribution in [-0.4, -0.2) is 45.0 Å². The molecular weight excluding hydrogens is 476 g/mol. The molecule has 1 atom stereocenters. The first kappa shape index (κ1) is 27.3. The summed E-state index contributed by atoms with van der Waals surface area (Å²) in [6.45, 7) is 0.749. The highest BCUT2D eigenvalue weighted by molar-refractivity contribution is 5.90. The van der Waals surface area contributed by atoms with Crippen molar-refractivity contribution in [2.75, 3.05) is 12.4 Å². The van der Waals surface area contributed by atoms with Gasteiger partial charge in [-0.25, -0.2) is 5.48 Å². The van der Waals surface area contributed by atoms with Gasteiger partial charge >= 0.3 is 0 Å². The molecule has 3 aromatic rings. The highest BCUT2D eigenvalue weighted by atomic mass is 16.5. The Balaban J connectivity index is 1.40. The number of aryl methyl sites for hydroxylation is 1. The summed E-state index contributed by atoms with van der Waals surface area (Å²) < 4.78 is 6.78. The van der Waals surface area contributed by atoms with Crippen molar-refractivity contribution in [2.45, 2.75) is 45.2 Å². The molecule has 0 bridgehead atoms.